The Labute approximate surface area is 96.3 Å². The van der Waals surface area contributed by atoms with Gasteiger partial charge in [-0.2, -0.15) is 0 Å². The van der Waals surface area contributed by atoms with Crippen LogP contribution in [-0.4, -0.2) is 9.38 Å². The summed E-state index contributed by atoms with van der Waals surface area (Å²) in [6, 6.07) is 2.03. The summed E-state index contributed by atoms with van der Waals surface area (Å²) in [4.78, 5) is 5.80. The number of nitrogens with zero attached hydrogens (tertiary/aromatic N) is 2. The topological polar surface area (TPSA) is 30.4 Å². The minimum absolute atomic E-state index is 0.985. The van der Waals surface area contributed by atoms with Crippen molar-refractivity contribution < 1.29 is 4.42 Å². The molecular weight excluding hydrogens is 220 g/mol. The van der Waals surface area contributed by atoms with E-state index in [2.05, 4.69) is 16.7 Å². The molecule has 16 heavy (non-hydrogen) atoms. The third kappa shape index (κ3) is 0.906. The monoisotopic (exact) mass is 230 g/mol. The predicted molar refractivity (Wildman–Crippen MR) is 62.9 cm³/mol. The highest BCUT2D eigenvalue weighted by Crippen LogP contribution is 2.35. The maximum atomic E-state index is 5.47. The second kappa shape index (κ2) is 2.77. The van der Waals surface area contributed by atoms with E-state index in [0.29, 0.717) is 0 Å². The minimum Gasteiger partial charge on any atom is -0.469 e. The first-order valence-electron chi connectivity index (χ1n) is 5.37. The van der Waals surface area contributed by atoms with Crippen molar-refractivity contribution in [3.63, 3.8) is 0 Å². The number of hydrogen-bond donors (Lipinski definition) is 0. The Kier molecular flexibility index (Phi) is 1.48. The summed E-state index contributed by atoms with van der Waals surface area (Å²) in [5.74, 6) is 1.08. The Morgan fingerprint density at radius 2 is 2.38 bits per heavy atom. The van der Waals surface area contributed by atoms with Gasteiger partial charge in [0.05, 0.1) is 17.7 Å². The lowest BCUT2D eigenvalue weighted by Gasteiger charge is -2.10. The van der Waals surface area contributed by atoms with Crippen LogP contribution in [0.25, 0.3) is 16.2 Å². The van der Waals surface area contributed by atoms with Gasteiger partial charge in [-0.3, -0.25) is 4.40 Å². The fraction of sp³-hybridized carbons (Fsp3) is 0.250. The molecule has 0 aromatic carbocycles. The van der Waals surface area contributed by atoms with Crippen molar-refractivity contribution in [1.29, 1.82) is 0 Å². The van der Waals surface area contributed by atoms with Crippen LogP contribution >= 0.6 is 11.3 Å². The lowest BCUT2D eigenvalue weighted by atomic mass is 9.99. The molecule has 0 fully saturated rings. The maximum Gasteiger partial charge on any atom is 0.194 e. The lowest BCUT2D eigenvalue weighted by molar-refractivity contribution is 0.505. The molecular formula is C12H10N2OS. The van der Waals surface area contributed by atoms with Gasteiger partial charge in [0.1, 0.15) is 5.76 Å². The summed E-state index contributed by atoms with van der Waals surface area (Å²) >= 11 is 1.71. The number of fused-ring (bicyclic) bond motifs is 5. The number of thiazole rings is 1. The molecule has 0 saturated heterocycles. The van der Waals surface area contributed by atoms with Crippen LogP contribution in [0.1, 0.15) is 17.1 Å². The Balaban J connectivity index is 2.13. The molecule has 4 heteroatoms. The van der Waals surface area contributed by atoms with Crippen LogP contribution in [0.2, 0.25) is 0 Å². The predicted octanol–water partition coefficient (Wildman–Crippen LogP) is 3.06. The summed E-state index contributed by atoms with van der Waals surface area (Å²) < 4.78 is 7.74. The molecule has 3 heterocycles. The van der Waals surface area contributed by atoms with E-state index in [1.54, 1.807) is 17.6 Å². The van der Waals surface area contributed by atoms with E-state index >= 15 is 0 Å². The first-order valence-corrected chi connectivity index (χ1v) is 6.25. The van der Waals surface area contributed by atoms with Crippen LogP contribution in [0.15, 0.2) is 22.1 Å². The Bertz CT molecular complexity index is 689. The molecule has 0 bridgehead atoms. The molecule has 0 unspecified atom stereocenters. The molecule has 80 valence electrons. The van der Waals surface area contributed by atoms with Gasteiger partial charge in [-0.15, -0.1) is 11.3 Å². The number of imidazole rings is 1. The van der Waals surface area contributed by atoms with Gasteiger partial charge in [-0.05, 0) is 19.4 Å². The molecule has 0 atom stereocenters. The van der Waals surface area contributed by atoms with E-state index in [1.165, 1.54) is 17.0 Å². The van der Waals surface area contributed by atoms with Gasteiger partial charge in [0.15, 0.2) is 4.96 Å². The quantitative estimate of drug-likeness (QED) is 0.594. The molecule has 0 spiro atoms. The molecule has 3 nitrogen and oxygen atoms in total. The van der Waals surface area contributed by atoms with Gasteiger partial charge in [0.25, 0.3) is 0 Å². The van der Waals surface area contributed by atoms with Crippen molar-refractivity contribution in [2.75, 3.05) is 0 Å². The fourth-order valence-corrected chi connectivity index (χ4v) is 3.37. The molecule has 0 aliphatic heterocycles. The van der Waals surface area contributed by atoms with E-state index in [0.717, 1.165) is 29.3 Å². The van der Waals surface area contributed by atoms with Crippen molar-refractivity contribution in [2.24, 2.45) is 0 Å². The summed E-state index contributed by atoms with van der Waals surface area (Å²) in [6.07, 6.45) is 3.77. The number of aromatic nitrogens is 2. The van der Waals surface area contributed by atoms with E-state index in [4.69, 9.17) is 9.40 Å². The first kappa shape index (κ1) is 8.58. The Hall–Kier alpha value is -1.55. The zero-order valence-corrected chi connectivity index (χ0v) is 9.67. The summed E-state index contributed by atoms with van der Waals surface area (Å²) in [7, 11) is 0. The number of hydrogen-bond acceptors (Lipinski definition) is 3. The summed E-state index contributed by atoms with van der Waals surface area (Å²) in [6.45, 7) is 2.14. The van der Waals surface area contributed by atoms with Crippen LogP contribution in [-0.2, 0) is 12.8 Å². The van der Waals surface area contributed by atoms with Gasteiger partial charge in [0, 0.05) is 23.1 Å². The van der Waals surface area contributed by atoms with Gasteiger partial charge in [-0.1, -0.05) is 0 Å². The largest absolute Gasteiger partial charge is 0.469 e. The minimum atomic E-state index is 0.985. The third-order valence-electron chi connectivity index (χ3n) is 3.22. The van der Waals surface area contributed by atoms with E-state index in [-0.39, 0.29) is 0 Å². The molecule has 0 N–H and O–H groups in total. The molecule has 0 saturated carbocycles. The van der Waals surface area contributed by atoms with Crippen molar-refractivity contribution in [3.8, 4) is 11.3 Å². The average Bonchev–Trinajstić information content (AvgIpc) is 2.93. The van der Waals surface area contributed by atoms with Crippen LogP contribution in [0.3, 0.4) is 0 Å². The molecule has 0 radical (unpaired) electrons. The van der Waals surface area contributed by atoms with E-state index in [9.17, 15) is 0 Å². The maximum absolute atomic E-state index is 5.47. The Morgan fingerprint density at radius 3 is 3.31 bits per heavy atom. The van der Waals surface area contributed by atoms with Crippen LogP contribution < -0.4 is 0 Å². The third-order valence-corrected chi connectivity index (χ3v) is 4.16. The van der Waals surface area contributed by atoms with Gasteiger partial charge in [0.2, 0.25) is 0 Å². The normalized spacial score (nSPS) is 14.1. The molecule has 1 aliphatic rings. The van der Waals surface area contributed by atoms with Gasteiger partial charge in [-0.25, -0.2) is 4.98 Å². The molecule has 0 amide bonds. The van der Waals surface area contributed by atoms with E-state index in [1.807, 2.05) is 6.07 Å². The van der Waals surface area contributed by atoms with Crippen LogP contribution in [0.5, 0.6) is 0 Å². The van der Waals surface area contributed by atoms with Gasteiger partial charge < -0.3 is 4.42 Å². The van der Waals surface area contributed by atoms with Crippen molar-refractivity contribution in [2.45, 2.75) is 19.8 Å². The smallest absolute Gasteiger partial charge is 0.194 e. The van der Waals surface area contributed by atoms with Crippen molar-refractivity contribution in [3.05, 3.63) is 34.9 Å². The SMILES string of the molecule is Cc1csc2nc3c(n12)CCc1occc1-3. The zero-order valence-electron chi connectivity index (χ0n) is 8.86. The van der Waals surface area contributed by atoms with Crippen molar-refractivity contribution >= 4 is 16.3 Å². The number of rotatable bonds is 0. The average molecular weight is 230 g/mol. The molecule has 3 aromatic heterocycles. The summed E-state index contributed by atoms with van der Waals surface area (Å²) in [5, 5.41) is 2.16. The molecule has 1 aliphatic carbocycles. The highest BCUT2D eigenvalue weighted by molar-refractivity contribution is 7.15. The van der Waals surface area contributed by atoms with E-state index < -0.39 is 0 Å². The second-order valence-corrected chi connectivity index (χ2v) is 5.00. The Morgan fingerprint density at radius 1 is 1.44 bits per heavy atom. The highest BCUT2D eigenvalue weighted by Gasteiger charge is 2.24. The number of aryl methyl sites for hydroxylation is 3. The lowest BCUT2D eigenvalue weighted by Crippen LogP contribution is -2.03. The van der Waals surface area contributed by atoms with Crippen molar-refractivity contribution in [1.82, 2.24) is 9.38 Å². The van der Waals surface area contributed by atoms with Crippen LogP contribution in [0, 0.1) is 6.92 Å². The zero-order chi connectivity index (χ0) is 10.7. The van der Waals surface area contributed by atoms with Gasteiger partial charge >= 0.3 is 0 Å². The standard InChI is InChI=1S/C12H10N2OS/c1-7-6-16-12-13-11-8-4-5-15-10(8)3-2-9(11)14(7)12/h4-6H,2-3H2,1H3. The molecule has 3 aromatic rings. The summed E-state index contributed by atoms with van der Waals surface area (Å²) in [5.41, 5.74) is 4.91. The second-order valence-electron chi connectivity index (χ2n) is 4.16. The number of furan rings is 1. The first-order chi connectivity index (χ1) is 7.84. The van der Waals surface area contributed by atoms with Crippen LogP contribution in [0.4, 0.5) is 0 Å². The molecule has 4 rings (SSSR count). The fourth-order valence-electron chi connectivity index (χ4n) is 2.49. The highest BCUT2D eigenvalue weighted by atomic mass is 32.1.